The summed E-state index contributed by atoms with van der Waals surface area (Å²) in [7, 11) is 0. The normalized spacial score (nSPS) is 12.9. The van der Waals surface area contributed by atoms with Crippen molar-refractivity contribution in [1.29, 1.82) is 0 Å². The number of anilines is 1. The maximum absolute atomic E-state index is 5.50. The fourth-order valence-electron chi connectivity index (χ4n) is 2.29. The van der Waals surface area contributed by atoms with Crippen LogP contribution >= 0.6 is 0 Å². The molecular weight excluding hydrogens is 222 g/mol. The van der Waals surface area contributed by atoms with E-state index in [1.54, 1.807) is 0 Å². The summed E-state index contributed by atoms with van der Waals surface area (Å²) < 4.78 is 5.50. The van der Waals surface area contributed by atoms with Gasteiger partial charge in [0.05, 0.1) is 6.61 Å². The Kier molecular flexibility index (Phi) is 3.18. The maximum Gasteiger partial charge on any atom is 0.122 e. The number of nitrogens with one attached hydrogen (secondary N) is 1. The second kappa shape index (κ2) is 5.13. The second-order valence-electron chi connectivity index (χ2n) is 4.58. The molecule has 1 aliphatic heterocycles. The highest BCUT2D eigenvalue weighted by Crippen LogP contribution is 2.27. The SMILES string of the molecule is c1ccc(CCNc2ccc3c(c2)CCO3)cc1. The van der Waals surface area contributed by atoms with Gasteiger partial charge in [-0.25, -0.2) is 0 Å². The van der Waals surface area contributed by atoms with Crippen molar-refractivity contribution in [3.8, 4) is 5.75 Å². The standard InChI is InChI=1S/C16H17NO/c1-2-4-13(5-3-1)8-10-17-15-6-7-16-14(12-15)9-11-18-16/h1-7,12,17H,8-11H2. The van der Waals surface area contributed by atoms with Gasteiger partial charge in [-0.15, -0.1) is 0 Å². The van der Waals surface area contributed by atoms with Crippen molar-refractivity contribution in [3.05, 3.63) is 59.7 Å². The van der Waals surface area contributed by atoms with E-state index < -0.39 is 0 Å². The molecule has 0 atom stereocenters. The largest absolute Gasteiger partial charge is 0.493 e. The van der Waals surface area contributed by atoms with Gasteiger partial charge in [0.25, 0.3) is 0 Å². The lowest BCUT2D eigenvalue weighted by Crippen LogP contribution is -2.04. The lowest BCUT2D eigenvalue weighted by Gasteiger charge is -2.08. The minimum absolute atomic E-state index is 0.822. The van der Waals surface area contributed by atoms with Gasteiger partial charge >= 0.3 is 0 Å². The van der Waals surface area contributed by atoms with Gasteiger partial charge in [0, 0.05) is 18.7 Å². The van der Waals surface area contributed by atoms with E-state index in [-0.39, 0.29) is 0 Å². The van der Waals surface area contributed by atoms with Crippen molar-refractivity contribution in [2.45, 2.75) is 12.8 Å². The molecule has 0 unspecified atom stereocenters. The Labute approximate surface area is 108 Å². The Bertz CT molecular complexity index is 522. The summed E-state index contributed by atoms with van der Waals surface area (Å²) in [5, 5.41) is 3.47. The molecular formula is C16H17NO. The van der Waals surface area contributed by atoms with E-state index in [1.807, 2.05) is 0 Å². The predicted molar refractivity (Wildman–Crippen MR) is 74.3 cm³/mol. The first-order valence-electron chi connectivity index (χ1n) is 6.45. The number of hydrogen-bond donors (Lipinski definition) is 1. The van der Waals surface area contributed by atoms with Crippen molar-refractivity contribution in [2.75, 3.05) is 18.5 Å². The third-order valence-corrected chi connectivity index (χ3v) is 3.28. The van der Waals surface area contributed by atoms with Crippen molar-refractivity contribution in [1.82, 2.24) is 0 Å². The molecule has 92 valence electrons. The molecule has 2 nitrogen and oxygen atoms in total. The third-order valence-electron chi connectivity index (χ3n) is 3.28. The third kappa shape index (κ3) is 2.48. The van der Waals surface area contributed by atoms with Crippen LogP contribution in [0.1, 0.15) is 11.1 Å². The van der Waals surface area contributed by atoms with Crippen LogP contribution in [0.4, 0.5) is 5.69 Å². The van der Waals surface area contributed by atoms with Crippen molar-refractivity contribution >= 4 is 5.69 Å². The smallest absolute Gasteiger partial charge is 0.122 e. The van der Waals surface area contributed by atoms with E-state index in [4.69, 9.17) is 4.74 Å². The Balaban J connectivity index is 1.57. The molecule has 18 heavy (non-hydrogen) atoms. The molecule has 0 spiro atoms. The first-order chi connectivity index (χ1) is 8.92. The van der Waals surface area contributed by atoms with Gasteiger partial charge in [0.1, 0.15) is 5.75 Å². The van der Waals surface area contributed by atoms with E-state index in [2.05, 4.69) is 53.8 Å². The first-order valence-corrected chi connectivity index (χ1v) is 6.45. The summed E-state index contributed by atoms with van der Waals surface area (Å²) in [4.78, 5) is 0. The average Bonchev–Trinajstić information content (AvgIpc) is 2.87. The zero-order valence-electron chi connectivity index (χ0n) is 10.4. The number of benzene rings is 2. The van der Waals surface area contributed by atoms with Crippen LogP contribution in [0.5, 0.6) is 5.75 Å². The highest BCUT2D eigenvalue weighted by atomic mass is 16.5. The summed E-state index contributed by atoms with van der Waals surface area (Å²) in [6, 6.07) is 16.9. The number of hydrogen-bond acceptors (Lipinski definition) is 2. The first kappa shape index (κ1) is 11.1. The van der Waals surface area contributed by atoms with E-state index in [9.17, 15) is 0 Å². The van der Waals surface area contributed by atoms with Crippen LogP contribution in [-0.4, -0.2) is 13.2 Å². The molecule has 0 aliphatic carbocycles. The molecule has 0 saturated carbocycles. The number of ether oxygens (including phenoxy) is 1. The van der Waals surface area contributed by atoms with Crippen molar-refractivity contribution in [3.63, 3.8) is 0 Å². The topological polar surface area (TPSA) is 21.3 Å². The molecule has 2 aromatic rings. The Hall–Kier alpha value is -1.96. The molecule has 0 saturated heterocycles. The van der Waals surface area contributed by atoms with Crippen LogP contribution in [0.2, 0.25) is 0 Å². The maximum atomic E-state index is 5.50. The Morgan fingerprint density at radius 2 is 1.94 bits per heavy atom. The number of fused-ring (bicyclic) bond motifs is 1. The van der Waals surface area contributed by atoms with Crippen LogP contribution in [0.15, 0.2) is 48.5 Å². The minimum Gasteiger partial charge on any atom is -0.493 e. The van der Waals surface area contributed by atoms with Crippen LogP contribution in [-0.2, 0) is 12.8 Å². The molecule has 0 amide bonds. The fourth-order valence-corrected chi connectivity index (χ4v) is 2.29. The predicted octanol–water partition coefficient (Wildman–Crippen LogP) is 3.28. The van der Waals surface area contributed by atoms with Gasteiger partial charge in [0.2, 0.25) is 0 Å². The molecule has 0 bridgehead atoms. The van der Waals surface area contributed by atoms with Crippen molar-refractivity contribution < 1.29 is 4.74 Å². The molecule has 0 aromatic heterocycles. The number of rotatable bonds is 4. The van der Waals surface area contributed by atoms with Gasteiger partial charge in [0.15, 0.2) is 0 Å². The monoisotopic (exact) mass is 239 g/mol. The van der Waals surface area contributed by atoms with Gasteiger partial charge in [-0.3, -0.25) is 0 Å². The summed E-state index contributed by atoms with van der Waals surface area (Å²) in [6.07, 6.45) is 2.08. The highest BCUT2D eigenvalue weighted by molar-refractivity contribution is 5.52. The molecule has 0 fully saturated rings. The fraction of sp³-hybridized carbons (Fsp3) is 0.250. The molecule has 3 rings (SSSR count). The molecule has 1 N–H and O–H groups in total. The highest BCUT2D eigenvalue weighted by Gasteiger charge is 2.11. The minimum atomic E-state index is 0.822. The Morgan fingerprint density at radius 3 is 2.83 bits per heavy atom. The molecule has 2 heteroatoms. The van der Waals surface area contributed by atoms with Crippen molar-refractivity contribution in [2.24, 2.45) is 0 Å². The van der Waals surface area contributed by atoms with Gasteiger partial charge < -0.3 is 10.1 Å². The summed E-state index contributed by atoms with van der Waals surface area (Å²) >= 11 is 0. The lowest BCUT2D eigenvalue weighted by molar-refractivity contribution is 0.357. The molecule has 1 aliphatic rings. The Morgan fingerprint density at radius 1 is 1.06 bits per heavy atom. The second-order valence-corrected chi connectivity index (χ2v) is 4.58. The zero-order valence-corrected chi connectivity index (χ0v) is 10.4. The quantitative estimate of drug-likeness (QED) is 0.884. The van der Waals surface area contributed by atoms with E-state index >= 15 is 0 Å². The van der Waals surface area contributed by atoms with Gasteiger partial charge in [-0.1, -0.05) is 30.3 Å². The van der Waals surface area contributed by atoms with Crippen LogP contribution < -0.4 is 10.1 Å². The van der Waals surface area contributed by atoms with E-state index in [0.717, 1.165) is 31.7 Å². The average molecular weight is 239 g/mol. The molecule has 0 radical (unpaired) electrons. The van der Waals surface area contributed by atoms with Crippen LogP contribution in [0.3, 0.4) is 0 Å². The summed E-state index contributed by atoms with van der Waals surface area (Å²) in [6.45, 7) is 1.78. The van der Waals surface area contributed by atoms with E-state index in [0.29, 0.717) is 0 Å². The van der Waals surface area contributed by atoms with Crippen LogP contribution in [0, 0.1) is 0 Å². The van der Waals surface area contributed by atoms with Crippen LogP contribution in [0.25, 0.3) is 0 Å². The van der Waals surface area contributed by atoms with E-state index in [1.165, 1.54) is 16.8 Å². The summed E-state index contributed by atoms with van der Waals surface area (Å²) in [5.74, 6) is 1.05. The zero-order chi connectivity index (χ0) is 12.2. The lowest BCUT2D eigenvalue weighted by atomic mass is 10.1. The van der Waals surface area contributed by atoms with Gasteiger partial charge in [-0.05, 0) is 35.7 Å². The summed E-state index contributed by atoms with van der Waals surface area (Å²) in [5.41, 5.74) is 3.88. The molecule has 2 aromatic carbocycles. The van der Waals surface area contributed by atoms with Gasteiger partial charge in [-0.2, -0.15) is 0 Å². The molecule has 1 heterocycles.